The molecule has 26 heavy (non-hydrogen) atoms. The Morgan fingerprint density at radius 3 is 2.62 bits per heavy atom. The minimum atomic E-state index is -0.608. The average molecular weight is 357 g/mol. The maximum Gasteiger partial charge on any atom is 0.261 e. The van der Waals surface area contributed by atoms with Crippen LogP contribution < -0.4 is 10.1 Å². The van der Waals surface area contributed by atoms with Gasteiger partial charge in [-0.15, -0.1) is 0 Å². The van der Waals surface area contributed by atoms with Gasteiger partial charge in [0.1, 0.15) is 11.3 Å². The van der Waals surface area contributed by atoms with E-state index in [1.807, 2.05) is 18.2 Å². The van der Waals surface area contributed by atoms with Gasteiger partial charge in [-0.3, -0.25) is 4.79 Å². The van der Waals surface area contributed by atoms with E-state index in [0.29, 0.717) is 23.4 Å². The van der Waals surface area contributed by atoms with Gasteiger partial charge in [-0.2, -0.15) is 4.98 Å². The Hall–Kier alpha value is -2.37. The Labute approximate surface area is 154 Å². The van der Waals surface area contributed by atoms with Gasteiger partial charge in [0.05, 0.1) is 0 Å². The molecule has 1 saturated carbocycles. The number of aromatic nitrogens is 2. The zero-order chi connectivity index (χ0) is 18.7. The average Bonchev–Trinajstić information content (AvgIpc) is 3.25. The van der Waals surface area contributed by atoms with Gasteiger partial charge < -0.3 is 14.6 Å². The molecular formula is C20H27N3O3. The molecule has 1 aliphatic rings. The monoisotopic (exact) mass is 357 g/mol. The molecule has 1 aromatic heterocycles. The zero-order valence-electron chi connectivity index (χ0n) is 15.9. The normalized spacial score (nSPS) is 17.3. The number of nitrogens with zero attached hydrogens (tertiary/aromatic N) is 2. The van der Waals surface area contributed by atoms with Gasteiger partial charge in [0.15, 0.2) is 11.9 Å². The number of carbonyl (C=O) groups is 1. The molecule has 1 unspecified atom stereocenters. The van der Waals surface area contributed by atoms with E-state index < -0.39 is 11.6 Å². The third-order valence-corrected chi connectivity index (χ3v) is 4.98. The molecule has 6 heteroatoms. The molecule has 1 N–H and O–H groups in total. The predicted octanol–water partition coefficient (Wildman–Crippen LogP) is 3.85. The topological polar surface area (TPSA) is 77.2 Å². The van der Waals surface area contributed by atoms with Crippen molar-refractivity contribution in [2.24, 2.45) is 0 Å². The molecule has 1 amide bonds. The summed E-state index contributed by atoms with van der Waals surface area (Å²) in [5, 5.41) is 7.19. The second kappa shape index (κ2) is 7.48. The molecule has 0 radical (unpaired) electrons. The predicted molar refractivity (Wildman–Crippen MR) is 97.9 cm³/mol. The molecular weight excluding hydrogens is 330 g/mol. The molecule has 0 bridgehead atoms. The Morgan fingerprint density at radius 2 is 2.00 bits per heavy atom. The highest BCUT2D eigenvalue weighted by atomic mass is 16.5. The molecule has 6 nitrogen and oxygen atoms in total. The Bertz CT molecular complexity index is 763. The van der Waals surface area contributed by atoms with E-state index in [0.717, 1.165) is 25.7 Å². The lowest BCUT2D eigenvalue weighted by Crippen LogP contribution is -2.49. The van der Waals surface area contributed by atoms with Gasteiger partial charge in [-0.25, -0.2) is 0 Å². The van der Waals surface area contributed by atoms with Crippen LogP contribution >= 0.6 is 0 Å². The van der Waals surface area contributed by atoms with E-state index >= 15 is 0 Å². The fraction of sp³-hybridized carbons (Fsp3) is 0.550. The summed E-state index contributed by atoms with van der Waals surface area (Å²) in [5.41, 5.74) is 0.635. The molecule has 1 aromatic carbocycles. The quantitative estimate of drug-likeness (QED) is 0.849. The summed E-state index contributed by atoms with van der Waals surface area (Å²) in [6, 6.07) is 7.88. The fourth-order valence-electron chi connectivity index (χ4n) is 3.42. The van der Waals surface area contributed by atoms with Gasteiger partial charge in [0, 0.05) is 6.92 Å². The van der Waals surface area contributed by atoms with Crippen LogP contribution in [0.4, 0.5) is 0 Å². The van der Waals surface area contributed by atoms with E-state index in [2.05, 4.69) is 35.4 Å². The number of amides is 1. The van der Waals surface area contributed by atoms with E-state index in [1.54, 1.807) is 13.8 Å². The van der Waals surface area contributed by atoms with Gasteiger partial charge in [-0.05, 0) is 43.4 Å². The van der Waals surface area contributed by atoms with Crippen LogP contribution in [0.1, 0.15) is 69.7 Å². The minimum Gasteiger partial charge on any atom is -0.481 e. The standard InChI is InChI=1S/C20H27N3O3/c1-13(2)16-8-7-9-17(12-16)25-14(3)18(24)22-20(10-5-6-11-20)19-21-15(4)26-23-19/h7-9,12-14H,5-6,10-11H2,1-4H3,(H,22,24). The van der Waals surface area contributed by atoms with Crippen LogP contribution in [0.5, 0.6) is 5.75 Å². The van der Waals surface area contributed by atoms with Crippen molar-refractivity contribution >= 4 is 5.91 Å². The third-order valence-electron chi connectivity index (χ3n) is 4.98. The van der Waals surface area contributed by atoms with Crippen molar-refractivity contribution in [1.82, 2.24) is 15.5 Å². The summed E-state index contributed by atoms with van der Waals surface area (Å²) in [6.07, 6.45) is 3.07. The SMILES string of the molecule is Cc1nc(C2(NC(=O)C(C)Oc3cccc(C(C)C)c3)CCCC2)no1. The summed E-state index contributed by atoms with van der Waals surface area (Å²) < 4.78 is 11.0. The fourth-order valence-corrected chi connectivity index (χ4v) is 3.42. The molecule has 0 spiro atoms. The number of benzene rings is 1. The highest BCUT2D eigenvalue weighted by molar-refractivity contribution is 5.81. The molecule has 1 heterocycles. The summed E-state index contributed by atoms with van der Waals surface area (Å²) in [5.74, 6) is 2.02. The maximum atomic E-state index is 12.8. The van der Waals surface area contributed by atoms with Crippen molar-refractivity contribution in [3.63, 3.8) is 0 Å². The van der Waals surface area contributed by atoms with Gasteiger partial charge in [0.2, 0.25) is 5.89 Å². The van der Waals surface area contributed by atoms with Crippen LogP contribution in [0.25, 0.3) is 0 Å². The second-order valence-electron chi connectivity index (χ2n) is 7.40. The Balaban J connectivity index is 1.71. The molecule has 1 aliphatic carbocycles. The van der Waals surface area contributed by atoms with Crippen molar-refractivity contribution in [2.45, 2.75) is 70.9 Å². The highest BCUT2D eigenvalue weighted by Gasteiger charge is 2.42. The third kappa shape index (κ3) is 3.89. The summed E-state index contributed by atoms with van der Waals surface area (Å²) in [4.78, 5) is 17.1. The molecule has 0 aliphatic heterocycles. The van der Waals surface area contributed by atoms with Crippen molar-refractivity contribution in [3.8, 4) is 5.75 Å². The highest BCUT2D eigenvalue weighted by Crippen LogP contribution is 2.37. The Morgan fingerprint density at radius 1 is 1.27 bits per heavy atom. The smallest absolute Gasteiger partial charge is 0.261 e. The number of hydrogen-bond acceptors (Lipinski definition) is 5. The zero-order valence-corrected chi connectivity index (χ0v) is 15.9. The number of aryl methyl sites for hydroxylation is 1. The van der Waals surface area contributed by atoms with Gasteiger partial charge in [0.25, 0.3) is 5.91 Å². The molecule has 0 saturated heterocycles. The Kier molecular flexibility index (Phi) is 5.30. The molecule has 1 fully saturated rings. The lowest BCUT2D eigenvalue weighted by Gasteiger charge is -2.28. The number of carbonyl (C=O) groups excluding carboxylic acids is 1. The van der Waals surface area contributed by atoms with Crippen LogP contribution in [0, 0.1) is 6.92 Å². The van der Waals surface area contributed by atoms with Crippen molar-refractivity contribution in [3.05, 3.63) is 41.5 Å². The van der Waals surface area contributed by atoms with E-state index in [-0.39, 0.29) is 5.91 Å². The van der Waals surface area contributed by atoms with Gasteiger partial charge in [-0.1, -0.05) is 44.0 Å². The van der Waals surface area contributed by atoms with E-state index in [1.165, 1.54) is 5.56 Å². The first-order chi connectivity index (χ1) is 12.4. The van der Waals surface area contributed by atoms with Crippen LogP contribution in [0.15, 0.2) is 28.8 Å². The largest absolute Gasteiger partial charge is 0.481 e. The van der Waals surface area contributed by atoms with E-state index in [9.17, 15) is 4.79 Å². The second-order valence-corrected chi connectivity index (χ2v) is 7.40. The number of ether oxygens (including phenoxy) is 1. The van der Waals surface area contributed by atoms with Crippen LogP contribution in [0.2, 0.25) is 0 Å². The molecule has 140 valence electrons. The van der Waals surface area contributed by atoms with Crippen molar-refractivity contribution < 1.29 is 14.1 Å². The van der Waals surface area contributed by atoms with E-state index in [4.69, 9.17) is 9.26 Å². The summed E-state index contributed by atoms with van der Waals surface area (Å²) >= 11 is 0. The summed E-state index contributed by atoms with van der Waals surface area (Å²) in [6.45, 7) is 7.79. The van der Waals surface area contributed by atoms with Gasteiger partial charge >= 0.3 is 0 Å². The molecule has 3 rings (SSSR count). The number of nitrogens with one attached hydrogen (secondary N) is 1. The number of hydrogen-bond donors (Lipinski definition) is 1. The van der Waals surface area contributed by atoms with Crippen LogP contribution in [-0.2, 0) is 10.3 Å². The van der Waals surface area contributed by atoms with Crippen LogP contribution in [0.3, 0.4) is 0 Å². The number of rotatable bonds is 6. The lowest BCUT2D eigenvalue weighted by molar-refractivity contribution is -0.129. The minimum absolute atomic E-state index is 0.163. The van der Waals surface area contributed by atoms with Crippen molar-refractivity contribution in [1.29, 1.82) is 0 Å². The first-order valence-corrected chi connectivity index (χ1v) is 9.29. The van der Waals surface area contributed by atoms with Crippen molar-refractivity contribution in [2.75, 3.05) is 0 Å². The van der Waals surface area contributed by atoms with Crippen LogP contribution in [-0.4, -0.2) is 22.2 Å². The maximum absolute atomic E-state index is 12.8. The lowest BCUT2D eigenvalue weighted by atomic mass is 9.96. The first-order valence-electron chi connectivity index (χ1n) is 9.29. The molecule has 2 aromatic rings. The summed E-state index contributed by atoms with van der Waals surface area (Å²) in [7, 11) is 0. The molecule has 1 atom stereocenters. The first kappa shape index (κ1) is 18.4.